The molecule has 0 amide bonds. The molecule has 4 heteroatoms. The standard InChI is InChI=1S/C15H20N2O2/c1-17(14-11-8-16-9-12(11)14)13(15(18)19-2)10-6-4-3-5-7-10/h3-7,11-14,16H,8-9H2,1-2H3/t11-,12+,13?,14?. The van der Waals surface area contributed by atoms with Crippen LogP contribution in [0.25, 0.3) is 0 Å². The Morgan fingerprint density at radius 2 is 1.95 bits per heavy atom. The predicted octanol–water partition coefficient (Wildman–Crippen LogP) is 1.05. The quantitative estimate of drug-likeness (QED) is 0.822. The molecule has 2 fully saturated rings. The largest absolute Gasteiger partial charge is 0.468 e. The third-order valence-electron chi connectivity index (χ3n) is 4.46. The molecule has 1 saturated carbocycles. The first-order valence-corrected chi connectivity index (χ1v) is 6.79. The van der Waals surface area contributed by atoms with Crippen molar-refractivity contribution in [3.8, 4) is 0 Å². The molecule has 1 aliphatic heterocycles. The lowest BCUT2D eigenvalue weighted by Crippen LogP contribution is -2.37. The van der Waals surface area contributed by atoms with Crippen molar-refractivity contribution in [3.63, 3.8) is 0 Å². The number of hydrogen-bond acceptors (Lipinski definition) is 4. The van der Waals surface area contributed by atoms with Crippen LogP contribution in [0.5, 0.6) is 0 Å². The lowest BCUT2D eigenvalue weighted by atomic mass is 10.1. The van der Waals surface area contributed by atoms with Crippen molar-refractivity contribution in [1.82, 2.24) is 10.2 Å². The number of likely N-dealkylation sites (N-methyl/N-ethyl adjacent to an activating group) is 1. The van der Waals surface area contributed by atoms with Crippen LogP contribution in [0.4, 0.5) is 0 Å². The summed E-state index contributed by atoms with van der Waals surface area (Å²) in [5.41, 5.74) is 1.01. The lowest BCUT2D eigenvalue weighted by molar-refractivity contribution is -0.147. The summed E-state index contributed by atoms with van der Waals surface area (Å²) in [6, 6.07) is 10.1. The van der Waals surface area contributed by atoms with Crippen LogP contribution in [0, 0.1) is 11.8 Å². The fourth-order valence-corrected chi connectivity index (χ4v) is 3.45. The maximum absolute atomic E-state index is 12.1. The van der Waals surface area contributed by atoms with Gasteiger partial charge in [-0.05, 0) is 37.5 Å². The minimum atomic E-state index is -0.290. The van der Waals surface area contributed by atoms with E-state index in [1.165, 1.54) is 7.11 Å². The van der Waals surface area contributed by atoms with E-state index in [0.29, 0.717) is 17.9 Å². The summed E-state index contributed by atoms with van der Waals surface area (Å²) < 4.78 is 4.99. The Morgan fingerprint density at radius 1 is 1.32 bits per heavy atom. The van der Waals surface area contributed by atoms with Gasteiger partial charge in [0.05, 0.1) is 7.11 Å². The number of rotatable bonds is 4. The van der Waals surface area contributed by atoms with Crippen LogP contribution in [0.1, 0.15) is 11.6 Å². The average Bonchev–Trinajstić information content (AvgIpc) is 2.93. The zero-order chi connectivity index (χ0) is 13.4. The van der Waals surface area contributed by atoms with Crippen LogP contribution < -0.4 is 5.32 Å². The number of benzene rings is 1. The number of fused-ring (bicyclic) bond motifs is 1. The summed E-state index contributed by atoms with van der Waals surface area (Å²) in [5.74, 6) is 1.22. The van der Waals surface area contributed by atoms with Crippen molar-refractivity contribution < 1.29 is 9.53 Å². The third kappa shape index (κ3) is 2.15. The van der Waals surface area contributed by atoms with E-state index in [2.05, 4.69) is 10.2 Å². The second-order valence-corrected chi connectivity index (χ2v) is 5.48. The summed E-state index contributed by atoms with van der Waals surface area (Å²) in [6.45, 7) is 2.14. The van der Waals surface area contributed by atoms with Gasteiger partial charge in [0.1, 0.15) is 6.04 Å². The van der Waals surface area contributed by atoms with E-state index in [1.807, 2.05) is 37.4 Å². The van der Waals surface area contributed by atoms with Crippen molar-refractivity contribution in [2.24, 2.45) is 11.8 Å². The number of piperidine rings is 1. The van der Waals surface area contributed by atoms with E-state index in [9.17, 15) is 4.79 Å². The SMILES string of the molecule is COC(=O)C(c1ccccc1)N(C)C1[C@H]2CNC[C@@H]12. The van der Waals surface area contributed by atoms with Gasteiger partial charge < -0.3 is 10.1 Å². The second-order valence-electron chi connectivity index (χ2n) is 5.48. The Balaban J connectivity index is 1.82. The van der Waals surface area contributed by atoms with Crippen LogP contribution in [-0.2, 0) is 9.53 Å². The Kier molecular flexibility index (Phi) is 3.29. The number of esters is 1. The van der Waals surface area contributed by atoms with Crippen LogP contribution in [0.15, 0.2) is 30.3 Å². The fraction of sp³-hybridized carbons (Fsp3) is 0.533. The molecule has 1 saturated heterocycles. The molecule has 1 N–H and O–H groups in total. The summed E-state index contributed by atoms with van der Waals surface area (Å²) in [6.07, 6.45) is 0. The molecule has 1 heterocycles. The Bertz CT molecular complexity index is 452. The number of hydrogen-bond donors (Lipinski definition) is 1. The maximum Gasteiger partial charge on any atom is 0.327 e. The molecule has 0 spiro atoms. The molecule has 19 heavy (non-hydrogen) atoms. The van der Waals surface area contributed by atoms with E-state index in [4.69, 9.17) is 4.74 Å². The topological polar surface area (TPSA) is 41.6 Å². The van der Waals surface area contributed by atoms with Gasteiger partial charge in [-0.2, -0.15) is 0 Å². The molecule has 1 aromatic rings. The Morgan fingerprint density at radius 3 is 2.53 bits per heavy atom. The normalized spacial score (nSPS) is 29.9. The van der Waals surface area contributed by atoms with Crippen molar-refractivity contribution in [3.05, 3.63) is 35.9 Å². The Labute approximate surface area is 113 Å². The van der Waals surface area contributed by atoms with E-state index in [1.54, 1.807) is 0 Å². The highest BCUT2D eigenvalue weighted by Crippen LogP contribution is 2.47. The van der Waals surface area contributed by atoms with Crippen molar-refractivity contribution >= 4 is 5.97 Å². The molecule has 0 radical (unpaired) electrons. The minimum Gasteiger partial charge on any atom is -0.468 e. The van der Waals surface area contributed by atoms with Crippen LogP contribution in [-0.4, -0.2) is 44.2 Å². The van der Waals surface area contributed by atoms with Crippen LogP contribution in [0.3, 0.4) is 0 Å². The molecule has 2 unspecified atom stereocenters. The minimum absolute atomic E-state index is 0.174. The first-order valence-electron chi connectivity index (χ1n) is 6.79. The van der Waals surface area contributed by atoms with Crippen molar-refractivity contribution in [1.29, 1.82) is 0 Å². The molecule has 2 aliphatic rings. The number of carbonyl (C=O) groups excluding carboxylic acids is 1. The summed E-state index contributed by atoms with van der Waals surface area (Å²) in [4.78, 5) is 14.3. The number of carbonyl (C=O) groups is 1. The lowest BCUT2D eigenvalue weighted by Gasteiger charge is -2.28. The van der Waals surface area contributed by atoms with Gasteiger partial charge in [-0.25, -0.2) is 4.79 Å². The molecule has 1 aromatic carbocycles. The van der Waals surface area contributed by atoms with Gasteiger partial charge >= 0.3 is 5.97 Å². The highest BCUT2D eigenvalue weighted by Gasteiger charge is 2.56. The second kappa shape index (κ2) is 4.94. The third-order valence-corrected chi connectivity index (χ3v) is 4.46. The number of nitrogens with one attached hydrogen (secondary N) is 1. The van der Waals surface area contributed by atoms with E-state index in [-0.39, 0.29) is 12.0 Å². The van der Waals surface area contributed by atoms with Crippen LogP contribution >= 0.6 is 0 Å². The molecule has 0 bridgehead atoms. The van der Waals surface area contributed by atoms with E-state index in [0.717, 1.165) is 18.7 Å². The average molecular weight is 260 g/mol. The summed E-state index contributed by atoms with van der Waals surface area (Å²) >= 11 is 0. The highest BCUT2D eigenvalue weighted by atomic mass is 16.5. The van der Waals surface area contributed by atoms with Crippen LogP contribution in [0.2, 0.25) is 0 Å². The zero-order valence-electron chi connectivity index (χ0n) is 11.4. The van der Waals surface area contributed by atoms with E-state index < -0.39 is 0 Å². The van der Waals surface area contributed by atoms with Gasteiger partial charge in [-0.1, -0.05) is 30.3 Å². The molecular formula is C15H20N2O2. The van der Waals surface area contributed by atoms with E-state index >= 15 is 0 Å². The zero-order valence-corrected chi connectivity index (χ0v) is 11.4. The molecule has 102 valence electrons. The maximum atomic E-state index is 12.1. The smallest absolute Gasteiger partial charge is 0.327 e. The van der Waals surface area contributed by atoms with Gasteiger partial charge in [0.15, 0.2) is 0 Å². The van der Waals surface area contributed by atoms with Crippen molar-refractivity contribution in [2.45, 2.75) is 12.1 Å². The van der Waals surface area contributed by atoms with Gasteiger partial charge in [-0.3, -0.25) is 4.90 Å². The van der Waals surface area contributed by atoms with Crippen molar-refractivity contribution in [2.75, 3.05) is 27.2 Å². The number of nitrogens with zero attached hydrogens (tertiary/aromatic N) is 1. The Hall–Kier alpha value is -1.39. The molecule has 4 nitrogen and oxygen atoms in total. The number of methoxy groups -OCH3 is 1. The van der Waals surface area contributed by atoms with Gasteiger partial charge in [0.25, 0.3) is 0 Å². The first-order chi connectivity index (χ1) is 9.24. The number of ether oxygens (including phenoxy) is 1. The summed E-state index contributed by atoms with van der Waals surface area (Å²) in [7, 11) is 3.50. The van der Waals surface area contributed by atoms with Gasteiger partial charge in [-0.15, -0.1) is 0 Å². The molecule has 4 atom stereocenters. The monoisotopic (exact) mass is 260 g/mol. The van der Waals surface area contributed by atoms with Gasteiger partial charge in [0, 0.05) is 6.04 Å². The molecular weight excluding hydrogens is 240 g/mol. The van der Waals surface area contributed by atoms with Gasteiger partial charge in [0.2, 0.25) is 0 Å². The predicted molar refractivity (Wildman–Crippen MR) is 72.6 cm³/mol. The highest BCUT2D eigenvalue weighted by molar-refractivity contribution is 5.77. The fourth-order valence-electron chi connectivity index (χ4n) is 3.45. The molecule has 0 aromatic heterocycles. The molecule has 1 aliphatic carbocycles. The summed E-state index contributed by atoms with van der Waals surface area (Å²) in [5, 5.41) is 3.39. The first kappa shape index (κ1) is 12.6. The molecule has 3 rings (SSSR count).